The first-order valence-electron chi connectivity index (χ1n) is 37.6. The van der Waals surface area contributed by atoms with Crippen molar-refractivity contribution < 1.29 is 80.2 Å². The Morgan fingerprint density at radius 3 is 0.808 bits per heavy atom. The number of aliphatic hydroxyl groups excluding tert-OH is 1. The second kappa shape index (κ2) is 74.4. The maximum absolute atomic E-state index is 13.1. The lowest BCUT2D eigenvalue weighted by Gasteiger charge is -2.21. The largest absolute Gasteiger partial charge is 0.472 e. The lowest BCUT2D eigenvalue weighted by molar-refractivity contribution is -0.161. The summed E-state index contributed by atoms with van der Waals surface area (Å²) in [6.07, 6.45) is 95.3. The maximum atomic E-state index is 13.1. The van der Waals surface area contributed by atoms with Crippen LogP contribution in [0.5, 0.6) is 0 Å². The number of carbonyl (C=O) groups is 4. The Kier molecular flexibility index (Phi) is 69.5. The van der Waals surface area contributed by atoms with Crippen LogP contribution >= 0.6 is 15.6 Å². The highest BCUT2D eigenvalue weighted by atomic mass is 31.2. The third kappa shape index (κ3) is 73.4. The minimum absolute atomic E-state index is 0.00954. The molecule has 0 heterocycles. The van der Waals surface area contributed by atoms with Crippen LogP contribution in [-0.2, 0) is 65.4 Å². The van der Waals surface area contributed by atoms with Crippen LogP contribution in [0.25, 0.3) is 0 Å². The van der Waals surface area contributed by atoms with Crippen molar-refractivity contribution in [3.8, 4) is 0 Å². The third-order valence-electron chi connectivity index (χ3n) is 14.1. The Hall–Kier alpha value is -6.88. The Bertz CT molecular complexity index is 2890. The third-order valence-corrected chi connectivity index (χ3v) is 16.0. The summed E-state index contributed by atoms with van der Waals surface area (Å²) >= 11 is 0. The average Bonchev–Trinajstić information content (AvgIpc) is 0.926. The van der Waals surface area contributed by atoms with Gasteiger partial charge in [-0.15, -0.1) is 0 Å². The SMILES string of the molecule is CC/C=C\C/C=C\C/C=C\C/C=C\C/C=C\CCCC(=O)OCC(COP(=O)(O)OCC(O)COP(=O)(O)OCC(COC(=O)C/C=C\C/C=C\C/C=C\C/C=C\C/C=C\CC)OC(=O)CCCC/C=C\C/C=C\C/C=C\C/C=C\CC)OC(=O)CCC/C=C\C/C=C\C/C=C\C/C=C\C/C=C\CC. The Balaban J connectivity index is 5.61. The van der Waals surface area contributed by atoms with E-state index in [2.05, 4.69) is 204 Å². The van der Waals surface area contributed by atoms with E-state index in [0.717, 1.165) is 122 Å². The van der Waals surface area contributed by atoms with Crippen molar-refractivity contribution in [3.05, 3.63) is 231 Å². The fraction of sp³-hybridized carbons (Fsp3) is 0.506. The molecule has 0 aliphatic heterocycles. The Labute approximate surface area is 625 Å². The fourth-order valence-corrected chi connectivity index (χ4v) is 10.2. The summed E-state index contributed by atoms with van der Waals surface area (Å²) in [4.78, 5) is 72.8. The van der Waals surface area contributed by atoms with E-state index in [-0.39, 0.29) is 25.7 Å². The minimum atomic E-state index is -5.03. The van der Waals surface area contributed by atoms with E-state index in [0.29, 0.717) is 44.9 Å². The highest BCUT2D eigenvalue weighted by Crippen LogP contribution is 2.45. The molecule has 0 fully saturated rings. The summed E-state index contributed by atoms with van der Waals surface area (Å²) in [6.45, 7) is 4.04. The molecule has 3 N–H and O–H groups in total. The van der Waals surface area contributed by atoms with Crippen LogP contribution in [0, 0.1) is 0 Å². The van der Waals surface area contributed by atoms with Crippen molar-refractivity contribution in [2.45, 2.75) is 239 Å². The van der Waals surface area contributed by atoms with Gasteiger partial charge in [0.05, 0.1) is 32.8 Å². The van der Waals surface area contributed by atoms with E-state index >= 15 is 0 Å². The van der Waals surface area contributed by atoms with Gasteiger partial charge in [-0.2, -0.15) is 0 Å². The van der Waals surface area contributed by atoms with Crippen LogP contribution in [0.1, 0.15) is 220 Å². The normalized spacial score (nSPS) is 15.2. The first kappa shape index (κ1) is 97.1. The lowest BCUT2D eigenvalue weighted by atomic mass is 10.2. The van der Waals surface area contributed by atoms with Gasteiger partial charge in [0, 0.05) is 19.3 Å². The van der Waals surface area contributed by atoms with Crippen LogP contribution in [0.15, 0.2) is 231 Å². The molecule has 0 saturated heterocycles. The van der Waals surface area contributed by atoms with Crippen molar-refractivity contribution in [1.82, 2.24) is 0 Å². The molecule has 0 aliphatic rings. The maximum Gasteiger partial charge on any atom is 0.472 e. The molecular weight excluding hydrogens is 1350 g/mol. The molecule has 0 aliphatic carbocycles. The summed E-state index contributed by atoms with van der Waals surface area (Å²) < 4.78 is 68.2. The predicted molar refractivity (Wildman–Crippen MR) is 426 cm³/mol. The summed E-state index contributed by atoms with van der Waals surface area (Å²) in [6, 6.07) is 0. The Morgan fingerprint density at radius 1 is 0.279 bits per heavy atom. The molecule has 0 aromatic carbocycles. The predicted octanol–water partition coefficient (Wildman–Crippen LogP) is 21.9. The lowest BCUT2D eigenvalue weighted by Crippen LogP contribution is -2.30. The van der Waals surface area contributed by atoms with Crippen molar-refractivity contribution in [1.29, 1.82) is 0 Å². The van der Waals surface area contributed by atoms with Crippen LogP contribution in [0.4, 0.5) is 0 Å². The molecule has 0 aromatic heterocycles. The number of hydrogen-bond donors (Lipinski definition) is 3. The smallest absolute Gasteiger partial charge is 0.462 e. The number of esters is 4. The number of unbranched alkanes of at least 4 members (excludes halogenated alkanes) is 4. The highest BCUT2D eigenvalue weighted by Gasteiger charge is 2.30. The molecule has 5 atom stereocenters. The van der Waals surface area contributed by atoms with Gasteiger partial charge in [-0.25, -0.2) is 9.13 Å². The molecule has 580 valence electrons. The summed E-state index contributed by atoms with van der Waals surface area (Å²) in [5.74, 6) is -2.55. The molecule has 0 amide bonds. The van der Waals surface area contributed by atoms with Crippen LogP contribution in [0.2, 0.25) is 0 Å². The van der Waals surface area contributed by atoms with E-state index in [1.165, 1.54) is 0 Å². The number of rotatable bonds is 67. The molecule has 0 saturated carbocycles. The molecular formula is C85H128O17P2. The van der Waals surface area contributed by atoms with Crippen molar-refractivity contribution >= 4 is 39.5 Å². The monoisotopic (exact) mass is 1480 g/mol. The molecule has 104 heavy (non-hydrogen) atoms. The zero-order valence-electron chi connectivity index (χ0n) is 63.1. The Morgan fingerprint density at radius 2 is 0.510 bits per heavy atom. The van der Waals surface area contributed by atoms with Gasteiger partial charge in [0.15, 0.2) is 12.2 Å². The molecule has 0 rings (SSSR count). The molecule has 5 unspecified atom stereocenters. The first-order valence-corrected chi connectivity index (χ1v) is 40.6. The van der Waals surface area contributed by atoms with Gasteiger partial charge in [0.2, 0.25) is 0 Å². The van der Waals surface area contributed by atoms with E-state index < -0.39 is 97.5 Å². The number of carbonyl (C=O) groups excluding carboxylic acids is 4. The van der Waals surface area contributed by atoms with Crippen molar-refractivity contribution in [2.75, 3.05) is 39.6 Å². The fourth-order valence-electron chi connectivity index (χ4n) is 8.59. The zero-order valence-corrected chi connectivity index (χ0v) is 64.9. The van der Waals surface area contributed by atoms with Crippen LogP contribution < -0.4 is 0 Å². The quantitative estimate of drug-likeness (QED) is 0.0169. The molecule has 0 bridgehead atoms. The number of hydrogen-bond acceptors (Lipinski definition) is 15. The summed E-state index contributed by atoms with van der Waals surface area (Å²) in [5.41, 5.74) is 0. The highest BCUT2D eigenvalue weighted by molar-refractivity contribution is 7.47. The number of phosphoric acid groups is 2. The number of allylic oxidation sites excluding steroid dienone is 37. The molecule has 19 heteroatoms. The molecule has 0 radical (unpaired) electrons. The van der Waals surface area contributed by atoms with E-state index in [1.807, 2.05) is 48.6 Å². The van der Waals surface area contributed by atoms with Gasteiger partial charge in [-0.3, -0.25) is 37.3 Å². The molecule has 17 nitrogen and oxygen atoms in total. The van der Waals surface area contributed by atoms with Crippen molar-refractivity contribution in [2.24, 2.45) is 0 Å². The van der Waals surface area contributed by atoms with Gasteiger partial charge in [0.1, 0.15) is 19.3 Å². The topological polar surface area (TPSA) is 237 Å². The van der Waals surface area contributed by atoms with E-state index in [9.17, 15) is 43.2 Å². The van der Waals surface area contributed by atoms with Gasteiger partial charge < -0.3 is 33.8 Å². The van der Waals surface area contributed by atoms with Gasteiger partial charge >= 0.3 is 39.5 Å². The van der Waals surface area contributed by atoms with Crippen molar-refractivity contribution in [3.63, 3.8) is 0 Å². The zero-order chi connectivity index (χ0) is 76.0. The summed E-state index contributed by atoms with van der Waals surface area (Å²) in [5, 5.41) is 10.6. The number of phosphoric ester groups is 2. The second-order valence-electron chi connectivity index (χ2n) is 23.7. The standard InChI is InChI=1S/C85H128O17P2/c1-5-9-13-17-21-25-29-33-37-39-43-46-50-54-58-62-66-70-83(88)96-76-81(102-85(90)72-68-64-60-56-52-48-44-40-38-34-30-26-22-18-14-10-6-2)78-100-104(93,94)98-74-79(86)73-97-103(91,92)99-77-80(101-84(89)71-67-63-59-55-51-47-42-36-32-28-24-20-16-12-8-4)75-95-82(87)69-65-61-57-53-49-45-41-35-31-27-23-19-15-11-7-3/h9-16,21-28,33-38,41-44,46,48-49,51,53-56,58,60-61,65,79-81,86H,5-8,17-20,29-32,39-40,45,47,50,52,57,59,62-64,66-78H2,1-4H3,(H,91,92)(H,93,94)/b13-9-,14-10-,15-11-,16-12-,25-21-,26-22-,27-23-,28-24-,37-33-,38-34-,41-35-,42-36-,46-43-,48-44-,53-49-,55-51-,58-54-,60-56-,65-61-. The van der Waals surface area contributed by atoms with Gasteiger partial charge in [-0.1, -0.05) is 259 Å². The average molecular weight is 1480 g/mol. The van der Waals surface area contributed by atoms with Gasteiger partial charge in [0.25, 0.3) is 0 Å². The number of aliphatic hydroxyl groups is 1. The van der Waals surface area contributed by atoms with E-state index in [1.54, 1.807) is 6.08 Å². The first-order chi connectivity index (χ1) is 50.7. The minimum Gasteiger partial charge on any atom is -0.462 e. The summed E-state index contributed by atoms with van der Waals surface area (Å²) in [7, 11) is -10.1. The molecule has 0 spiro atoms. The van der Waals surface area contributed by atoms with E-state index in [4.69, 9.17) is 37.0 Å². The second-order valence-corrected chi connectivity index (χ2v) is 26.6. The van der Waals surface area contributed by atoms with Crippen LogP contribution in [-0.4, -0.2) is 96.7 Å². The van der Waals surface area contributed by atoms with Gasteiger partial charge in [-0.05, 0) is 167 Å². The van der Waals surface area contributed by atoms with Crippen LogP contribution in [0.3, 0.4) is 0 Å². The number of ether oxygens (including phenoxy) is 4. The molecule has 0 aromatic rings.